The van der Waals surface area contributed by atoms with Crippen molar-refractivity contribution in [2.24, 2.45) is 11.1 Å². The van der Waals surface area contributed by atoms with Gasteiger partial charge in [0.25, 0.3) is 0 Å². The van der Waals surface area contributed by atoms with Crippen LogP contribution in [0.5, 0.6) is 0 Å². The van der Waals surface area contributed by atoms with Crippen molar-refractivity contribution in [3.05, 3.63) is 23.5 Å². The number of rotatable bonds is 0. The lowest BCUT2D eigenvalue weighted by molar-refractivity contribution is 0.250. The molecule has 0 aromatic carbocycles. The van der Waals surface area contributed by atoms with Crippen molar-refractivity contribution in [2.75, 3.05) is 0 Å². The minimum absolute atomic E-state index is 0.201. The predicted molar refractivity (Wildman–Crippen MR) is 49.8 cm³/mol. The summed E-state index contributed by atoms with van der Waals surface area (Å²) in [5, 5.41) is 0. The Morgan fingerprint density at radius 1 is 1.50 bits per heavy atom. The summed E-state index contributed by atoms with van der Waals surface area (Å²) in [7, 11) is 0. The summed E-state index contributed by atoms with van der Waals surface area (Å²) < 4.78 is 0. The molecule has 2 rings (SSSR count). The molecule has 0 spiro atoms. The van der Waals surface area contributed by atoms with Crippen LogP contribution in [-0.4, -0.2) is 4.98 Å². The molecular formula is C10H16N2. The van der Waals surface area contributed by atoms with Gasteiger partial charge in [-0.3, -0.25) is 0 Å². The van der Waals surface area contributed by atoms with Gasteiger partial charge in [0.05, 0.1) is 0 Å². The molecule has 1 unspecified atom stereocenters. The van der Waals surface area contributed by atoms with E-state index < -0.39 is 0 Å². The molecule has 0 aliphatic heterocycles. The number of hydrogen-bond donors (Lipinski definition) is 2. The fourth-order valence-electron chi connectivity index (χ4n) is 1.95. The monoisotopic (exact) mass is 164 g/mol. The van der Waals surface area contributed by atoms with E-state index in [-0.39, 0.29) is 11.5 Å². The third kappa shape index (κ3) is 0.985. The molecule has 2 nitrogen and oxygen atoms in total. The maximum absolute atomic E-state index is 6.15. The molecule has 0 amide bonds. The van der Waals surface area contributed by atoms with Crippen molar-refractivity contribution in [2.45, 2.75) is 32.7 Å². The Labute approximate surface area is 73.2 Å². The zero-order valence-electron chi connectivity index (χ0n) is 7.72. The molecule has 0 saturated heterocycles. The lowest BCUT2D eigenvalue weighted by Crippen LogP contribution is -2.33. The van der Waals surface area contributed by atoms with Crippen molar-refractivity contribution in [1.29, 1.82) is 0 Å². The molecule has 1 aromatic rings. The summed E-state index contributed by atoms with van der Waals surface area (Å²) in [6.07, 6.45) is 6.48. The highest BCUT2D eigenvalue weighted by molar-refractivity contribution is 5.31. The number of nitrogens with one attached hydrogen (secondary N) is 1. The third-order valence-corrected chi connectivity index (χ3v) is 3.08. The number of aryl methyl sites for hydroxylation is 1. The van der Waals surface area contributed by atoms with Crippen LogP contribution in [0.2, 0.25) is 0 Å². The molecule has 1 atom stereocenters. The van der Waals surface area contributed by atoms with E-state index in [1.807, 2.05) is 6.20 Å². The Kier molecular flexibility index (Phi) is 1.55. The summed E-state index contributed by atoms with van der Waals surface area (Å²) >= 11 is 0. The van der Waals surface area contributed by atoms with Gasteiger partial charge in [-0.1, -0.05) is 13.8 Å². The highest BCUT2D eigenvalue weighted by Gasteiger charge is 2.33. The topological polar surface area (TPSA) is 41.8 Å². The molecule has 2 heteroatoms. The van der Waals surface area contributed by atoms with Crippen molar-refractivity contribution in [3.63, 3.8) is 0 Å². The molecule has 1 aromatic heterocycles. The summed E-state index contributed by atoms with van der Waals surface area (Å²) in [5.74, 6) is 0. The Morgan fingerprint density at radius 3 is 3.00 bits per heavy atom. The van der Waals surface area contributed by atoms with Gasteiger partial charge in [0.15, 0.2) is 0 Å². The fraction of sp³-hybridized carbons (Fsp3) is 0.600. The second-order valence-corrected chi connectivity index (χ2v) is 4.40. The SMILES string of the molecule is CC1(C)CCc2c[nH]cc2C1N. The van der Waals surface area contributed by atoms with Crippen LogP contribution in [0.3, 0.4) is 0 Å². The largest absolute Gasteiger partial charge is 0.367 e. The zero-order valence-corrected chi connectivity index (χ0v) is 7.72. The fourth-order valence-corrected chi connectivity index (χ4v) is 1.95. The summed E-state index contributed by atoms with van der Waals surface area (Å²) in [4.78, 5) is 3.13. The first-order chi connectivity index (χ1) is 5.61. The van der Waals surface area contributed by atoms with E-state index >= 15 is 0 Å². The van der Waals surface area contributed by atoms with Crippen molar-refractivity contribution >= 4 is 0 Å². The molecule has 0 bridgehead atoms. The number of aromatic amines is 1. The Morgan fingerprint density at radius 2 is 2.25 bits per heavy atom. The first-order valence-corrected chi connectivity index (χ1v) is 4.52. The van der Waals surface area contributed by atoms with Gasteiger partial charge >= 0.3 is 0 Å². The standard InChI is InChI=1S/C10H16N2/c1-10(2)4-3-7-5-12-6-8(7)9(10)11/h5-6,9,12H,3-4,11H2,1-2H3. The van der Waals surface area contributed by atoms with Crippen LogP contribution in [0.15, 0.2) is 12.4 Å². The van der Waals surface area contributed by atoms with E-state index in [2.05, 4.69) is 25.0 Å². The molecule has 0 radical (unpaired) electrons. The van der Waals surface area contributed by atoms with Gasteiger partial charge in [-0.25, -0.2) is 0 Å². The lowest BCUT2D eigenvalue weighted by Gasteiger charge is -2.36. The molecule has 3 N–H and O–H groups in total. The molecular weight excluding hydrogens is 148 g/mol. The Bertz CT molecular complexity index is 286. The highest BCUT2D eigenvalue weighted by atomic mass is 14.7. The quantitative estimate of drug-likeness (QED) is 0.605. The van der Waals surface area contributed by atoms with Crippen LogP contribution in [0, 0.1) is 5.41 Å². The summed E-state index contributed by atoms with van der Waals surface area (Å²) in [6.45, 7) is 4.49. The number of nitrogens with two attached hydrogens (primary N) is 1. The van der Waals surface area contributed by atoms with E-state index in [1.165, 1.54) is 24.0 Å². The zero-order chi connectivity index (χ0) is 8.77. The molecule has 1 heterocycles. The molecule has 66 valence electrons. The first-order valence-electron chi connectivity index (χ1n) is 4.52. The maximum atomic E-state index is 6.15. The molecule has 0 saturated carbocycles. The summed E-state index contributed by atoms with van der Waals surface area (Å²) in [5.41, 5.74) is 9.12. The van der Waals surface area contributed by atoms with Gasteiger partial charge in [-0.05, 0) is 29.4 Å². The van der Waals surface area contributed by atoms with Gasteiger partial charge in [0.1, 0.15) is 0 Å². The van der Waals surface area contributed by atoms with Crippen LogP contribution in [0.1, 0.15) is 37.4 Å². The normalized spacial score (nSPS) is 26.8. The van der Waals surface area contributed by atoms with E-state index in [4.69, 9.17) is 5.73 Å². The van der Waals surface area contributed by atoms with Crippen LogP contribution in [-0.2, 0) is 6.42 Å². The average molecular weight is 164 g/mol. The molecule has 1 aliphatic rings. The minimum atomic E-state index is 0.201. The van der Waals surface area contributed by atoms with Crippen LogP contribution in [0.25, 0.3) is 0 Å². The van der Waals surface area contributed by atoms with E-state index in [9.17, 15) is 0 Å². The highest BCUT2D eigenvalue weighted by Crippen LogP contribution is 2.41. The number of hydrogen-bond acceptors (Lipinski definition) is 1. The minimum Gasteiger partial charge on any atom is -0.367 e. The first kappa shape index (κ1) is 7.87. The van der Waals surface area contributed by atoms with Crippen molar-refractivity contribution < 1.29 is 0 Å². The number of aromatic nitrogens is 1. The Balaban J connectivity index is 2.42. The lowest BCUT2D eigenvalue weighted by atomic mass is 9.72. The van der Waals surface area contributed by atoms with Crippen LogP contribution < -0.4 is 5.73 Å². The molecule has 12 heavy (non-hydrogen) atoms. The van der Waals surface area contributed by atoms with E-state index in [0.717, 1.165) is 0 Å². The second kappa shape index (κ2) is 2.36. The van der Waals surface area contributed by atoms with Gasteiger partial charge < -0.3 is 10.7 Å². The van der Waals surface area contributed by atoms with Gasteiger partial charge in [-0.2, -0.15) is 0 Å². The van der Waals surface area contributed by atoms with Crippen LogP contribution >= 0.6 is 0 Å². The van der Waals surface area contributed by atoms with Crippen LogP contribution in [0.4, 0.5) is 0 Å². The molecule has 0 fully saturated rings. The van der Waals surface area contributed by atoms with Crippen molar-refractivity contribution in [3.8, 4) is 0 Å². The Hall–Kier alpha value is -0.760. The second-order valence-electron chi connectivity index (χ2n) is 4.40. The van der Waals surface area contributed by atoms with Gasteiger partial charge in [0, 0.05) is 18.4 Å². The van der Waals surface area contributed by atoms with Gasteiger partial charge in [-0.15, -0.1) is 0 Å². The number of H-pyrrole nitrogens is 1. The average Bonchev–Trinajstić information content (AvgIpc) is 2.45. The summed E-state index contributed by atoms with van der Waals surface area (Å²) in [6, 6.07) is 0.201. The molecule has 1 aliphatic carbocycles. The smallest absolute Gasteiger partial charge is 0.0364 e. The predicted octanol–water partition coefficient (Wildman–Crippen LogP) is 1.99. The van der Waals surface area contributed by atoms with E-state index in [1.54, 1.807) is 0 Å². The maximum Gasteiger partial charge on any atom is 0.0364 e. The van der Waals surface area contributed by atoms with Gasteiger partial charge in [0.2, 0.25) is 0 Å². The third-order valence-electron chi connectivity index (χ3n) is 3.08. The number of fused-ring (bicyclic) bond motifs is 1. The van der Waals surface area contributed by atoms with E-state index in [0.29, 0.717) is 0 Å². The van der Waals surface area contributed by atoms with Crippen molar-refractivity contribution in [1.82, 2.24) is 4.98 Å².